The van der Waals surface area contributed by atoms with E-state index in [0.29, 0.717) is 5.82 Å². The van der Waals surface area contributed by atoms with Crippen molar-refractivity contribution in [2.75, 3.05) is 0 Å². The van der Waals surface area contributed by atoms with Crippen LogP contribution in [0.2, 0.25) is 0 Å². The lowest BCUT2D eigenvalue weighted by Crippen LogP contribution is -2.25. The largest absolute Gasteiger partial charge is 0.260 e. The first-order valence-corrected chi connectivity index (χ1v) is 24.2. The molecule has 1 unspecified atom stereocenters. The maximum Gasteiger partial charge on any atom is 0.160 e. The Balaban J connectivity index is 0.962. The second-order valence-corrected chi connectivity index (χ2v) is 18.8. The van der Waals surface area contributed by atoms with E-state index in [1.165, 1.54) is 83.5 Å². The first-order chi connectivity index (χ1) is 34.5. The zero-order valence-corrected chi connectivity index (χ0v) is 39.3. The summed E-state index contributed by atoms with van der Waals surface area (Å²) in [5.41, 5.74) is 27.4. The number of nitrogens with zero attached hydrogens (tertiary/aromatic N) is 3. The van der Waals surface area contributed by atoms with Crippen molar-refractivity contribution in [2.45, 2.75) is 26.2 Å². The van der Waals surface area contributed by atoms with Crippen LogP contribution in [-0.2, 0) is 5.41 Å². The van der Waals surface area contributed by atoms with Crippen molar-refractivity contribution < 1.29 is 0 Å². The molecule has 0 N–H and O–H groups in total. The van der Waals surface area contributed by atoms with Gasteiger partial charge in [-0.25, -0.2) is 9.97 Å². The summed E-state index contributed by atoms with van der Waals surface area (Å²) in [7, 11) is 0. The van der Waals surface area contributed by atoms with Crippen LogP contribution in [0.3, 0.4) is 0 Å². The molecular formula is C67H47N3. The molecule has 0 aliphatic heterocycles. The maximum absolute atomic E-state index is 5.43. The molecule has 330 valence electrons. The minimum Gasteiger partial charge on any atom is -0.260 e. The van der Waals surface area contributed by atoms with Crippen molar-refractivity contribution in [1.29, 1.82) is 0 Å². The molecule has 2 aliphatic rings. The Labute approximate surface area is 409 Å². The van der Waals surface area contributed by atoms with Crippen LogP contribution in [-0.4, -0.2) is 15.0 Å². The van der Waals surface area contributed by atoms with E-state index < -0.39 is 5.41 Å². The Hall–Kier alpha value is -8.79. The number of hydrogen-bond donors (Lipinski definition) is 0. The fraction of sp³-hybridized carbons (Fsp3) is 0.0597. The highest BCUT2D eigenvalue weighted by Gasteiger charge is 2.52. The van der Waals surface area contributed by atoms with E-state index >= 15 is 0 Å². The van der Waals surface area contributed by atoms with Gasteiger partial charge in [-0.1, -0.05) is 212 Å². The highest BCUT2D eigenvalue weighted by molar-refractivity contribution is 6.00. The van der Waals surface area contributed by atoms with Crippen molar-refractivity contribution in [2.24, 2.45) is 0 Å². The zero-order valence-electron chi connectivity index (χ0n) is 39.3. The van der Waals surface area contributed by atoms with Crippen LogP contribution in [0, 0.1) is 20.8 Å². The van der Waals surface area contributed by atoms with Crippen LogP contribution in [0.1, 0.15) is 39.1 Å². The molecule has 1 atom stereocenters. The Morgan fingerprint density at radius 3 is 1.59 bits per heavy atom. The summed E-state index contributed by atoms with van der Waals surface area (Å²) in [6.45, 7) is 6.47. The standard InChI is InChI=1S/C67H47N3/c1-42-18-16-23-49(38-42)62-40-63(54-26-11-10-24-51(54)45-19-6-4-7-20-45)70-66(69-62)50-36-37-60-56(39-50)53-25-12-14-29-58(53)67(60)59-30-15-13-27-55(59)65-52(28-17-31-61(65)67)47-32-34-48(35-33-47)64-43(2)57(41-68-44(64)3)46-21-8-5-9-22-46/h4-41H,1-3H3. The van der Waals surface area contributed by atoms with Gasteiger partial charge in [-0.15, -0.1) is 0 Å². The van der Waals surface area contributed by atoms with Crippen LogP contribution in [0.5, 0.6) is 0 Å². The first-order valence-electron chi connectivity index (χ1n) is 24.2. The molecule has 0 radical (unpaired) electrons. The minimum absolute atomic E-state index is 0.520. The van der Waals surface area contributed by atoms with E-state index in [1.54, 1.807) is 0 Å². The molecule has 0 amide bonds. The van der Waals surface area contributed by atoms with Gasteiger partial charge in [0.2, 0.25) is 0 Å². The van der Waals surface area contributed by atoms with Crippen molar-refractivity contribution in [3.8, 4) is 101 Å². The Kier molecular flexibility index (Phi) is 9.74. The summed E-state index contributed by atoms with van der Waals surface area (Å²) < 4.78 is 0. The molecule has 1 spiro atoms. The Morgan fingerprint density at radius 2 is 0.843 bits per heavy atom. The molecule has 70 heavy (non-hydrogen) atoms. The molecule has 11 aromatic rings. The highest BCUT2D eigenvalue weighted by Crippen LogP contribution is 2.64. The van der Waals surface area contributed by atoms with E-state index in [2.05, 4.69) is 245 Å². The summed E-state index contributed by atoms with van der Waals surface area (Å²) in [5, 5.41) is 0. The van der Waals surface area contributed by atoms with Crippen LogP contribution in [0.15, 0.2) is 231 Å². The van der Waals surface area contributed by atoms with Gasteiger partial charge in [-0.2, -0.15) is 0 Å². The van der Waals surface area contributed by atoms with Gasteiger partial charge in [-0.05, 0) is 122 Å². The van der Waals surface area contributed by atoms with E-state index in [1.807, 2.05) is 6.20 Å². The first kappa shape index (κ1) is 41.4. The third kappa shape index (κ3) is 6.46. The number of pyridine rings is 1. The molecule has 13 rings (SSSR count). The molecule has 0 fully saturated rings. The van der Waals surface area contributed by atoms with Crippen molar-refractivity contribution in [3.05, 3.63) is 270 Å². The number of hydrogen-bond acceptors (Lipinski definition) is 3. The van der Waals surface area contributed by atoms with Gasteiger partial charge in [0.1, 0.15) is 0 Å². The molecule has 0 saturated carbocycles. The molecule has 2 heterocycles. The Bertz CT molecular complexity index is 3850. The molecule has 0 saturated heterocycles. The normalized spacial score (nSPS) is 14.0. The average Bonchev–Trinajstić information content (AvgIpc) is 3.89. The molecule has 2 aromatic heterocycles. The smallest absolute Gasteiger partial charge is 0.160 e. The number of benzene rings is 9. The summed E-state index contributed by atoms with van der Waals surface area (Å²) in [6.07, 6.45) is 2.01. The van der Waals surface area contributed by atoms with Gasteiger partial charge in [0, 0.05) is 39.7 Å². The van der Waals surface area contributed by atoms with E-state index in [4.69, 9.17) is 15.0 Å². The van der Waals surface area contributed by atoms with Gasteiger partial charge in [0.15, 0.2) is 5.82 Å². The second kappa shape index (κ2) is 16.5. The zero-order chi connectivity index (χ0) is 46.9. The second-order valence-electron chi connectivity index (χ2n) is 18.8. The molecule has 3 nitrogen and oxygen atoms in total. The monoisotopic (exact) mass is 893 g/mol. The predicted molar refractivity (Wildman–Crippen MR) is 288 cm³/mol. The molecule has 9 aromatic carbocycles. The third-order valence-electron chi connectivity index (χ3n) is 14.8. The topological polar surface area (TPSA) is 38.7 Å². The lowest BCUT2D eigenvalue weighted by atomic mass is 9.70. The molecule has 2 aliphatic carbocycles. The van der Waals surface area contributed by atoms with Gasteiger partial charge in [0.05, 0.1) is 16.8 Å². The van der Waals surface area contributed by atoms with Crippen LogP contribution in [0.25, 0.3) is 101 Å². The van der Waals surface area contributed by atoms with Crippen LogP contribution >= 0.6 is 0 Å². The number of aromatic nitrogens is 3. The number of aryl methyl sites for hydroxylation is 2. The van der Waals surface area contributed by atoms with Crippen molar-refractivity contribution in [1.82, 2.24) is 15.0 Å². The third-order valence-corrected chi connectivity index (χ3v) is 14.8. The van der Waals surface area contributed by atoms with Gasteiger partial charge >= 0.3 is 0 Å². The number of fused-ring (bicyclic) bond motifs is 10. The Morgan fingerprint density at radius 1 is 0.314 bits per heavy atom. The number of rotatable bonds is 7. The molecular weight excluding hydrogens is 847 g/mol. The summed E-state index contributed by atoms with van der Waals surface area (Å²) in [6, 6.07) is 81.6. The van der Waals surface area contributed by atoms with E-state index in [-0.39, 0.29) is 0 Å². The minimum atomic E-state index is -0.520. The van der Waals surface area contributed by atoms with Crippen LogP contribution < -0.4 is 0 Å². The SMILES string of the molecule is Cc1cccc(-c2cc(-c3ccccc3-c3ccccc3)nc(-c3ccc4c(c3)-c3ccccc3C43c4ccccc4-c4c(-c5ccc(-c6c(C)ncc(-c7ccccc7)c6C)cc5)cccc43)n2)c1. The fourth-order valence-corrected chi connectivity index (χ4v) is 11.7. The van der Waals surface area contributed by atoms with Crippen LogP contribution in [0.4, 0.5) is 0 Å². The summed E-state index contributed by atoms with van der Waals surface area (Å²) >= 11 is 0. The van der Waals surface area contributed by atoms with Gasteiger partial charge < -0.3 is 0 Å². The molecule has 0 bridgehead atoms. The van der Waals surface area contributed by atoms with Gasteiger partial charge in [0.25, 0.3) is 0 Å². The average molecular weight is 894 g/mol. The van der Waals surface area contributed by atoms with Crippen molar-refractivity contribution in [3.63, 3.8) is 0 Å². The quantitative estimate of drug-likeness (QED) is 0.160. The lowest BCUT2D eigenvalue weighted by Gasteiger charge is -2.30. The van der Waals surface area contributed by atoms with E-state index in [0.717, 1.165) is 50.5 Å². The fourth-order valence-electron chi connectivity index (χ4n) is 11.7. The van der Waals surface area contributed by atoms with Gasteiger partial charge in [-0.3, -0.25) is 4.98 Å². The lowest BCUT2D eigenvalue weighted by molar-refractivity contribution is 0.794. The summed E-state index contributed by atoms with van der Waals surface area (Å²) in [5.74, 6) is 0.698. The maximum atomic E-state index is 5.43. The predicted octanol–water partition coefficient (Wildman–Crippen LogP) is 16.8. The summed E-state index contributed by atoms with van der Waals surface area (Å²) in [4.78, 5) is 15.7. The van der Waals surface area contributed by atoms with Crippen molar-refractivity contribution >= 4 is 0 Å². The highest BCUT2D eigenvalue weighted by atomic mass is 14.9. The molecule has 3 heteroatoms. The van der Waals surface area contributed by atoms with E-state index in [9.17, 15) is 0 Å².